The maximum absolute atomic E-state index is 11.7. The van der Waals surface area contributed by atoms with E-state index in [4.69, 9.17) is 46.4 Å². The van der Waals surface area contributed by atoms with E-state index in [0.29, 0.717) is 21.2 Å². The minimum atomic E-state index is -3.50. The van der Waals surface area contributed by atoms with Crippen LogP contribution in [0.15, 0.2) is 35.2 Å². The molecule has 106 valence electrons. The third-order valence-corrected chi connectivity index (χ3v) is 5.23. The van der Waals surface area contributed by atoms with Crippen molar-refractivity contribution in [3.63, 3.8) is 0 Å². The van der Waals surface area contributed by atoms with Crippen LogP contribution in [0, 0.1) is 0 Å². The van der Waals surface area contributed by atoms with Gasteiger partial charge < -0.3 is 0 Å². The number of hydrogen-bond acceptors (Lipinski definition) is 2. The van der Waals surface area contributed by atoms with Crippen LogP contribution in [0.5, 0.6) is 0 Å². The molecule has 0 atom stereocenters. The molecule has 0 saturated carbocycles. The van der Waals surface area contributed by atoms with Gasteiger partial charge in [0, 0.05) is 21.9 Å². The average molecular weight is 370 g/mol. The van der Waals surface area contributed by atoms with Crippen LogP contribution >= 0.6 is 46.4 Å². The van der Waals surface area contributed by atoms with Crippen LogP contribution < -0.4 is 0 Å². The SMILES string of the molecule is CS(=O)(=O)c1cc(-c2cc(Cl)ccc2Cl)cc(Cl)c1Cl. The van der Waals surface area contributed by atoms with E-state index in [9.17, 15) is 8.42 Å². The molecule has 0 aliphatic heterocycles. The van der Waals surface area contributed by atoms with E-state index in [-0.39, 0.29) is 14.9 Å². The highest BCUT2D eigenvalue weighted by atomic mass is 35.5. The summed E-state index contributed by atoms with van der Waals surface area (Å²) < 4.78 is 23.5. The van der Waals surface area contributed by atoms with Crippen molar-refractivity contribution < 1.29 is 8.42 Å². The monoisotopic (exact) mass is 368 g/mol. The van der Waals surface area contributed by atoms with Gasteiger partial charge in [-0.15, -0.1) is 0 Å². The van der Waals surface area contributed by atoms with E-state index in [0.717, 1.165) is 6.26 Å². The van der Waals surface area contributed by atoms with Crippen LogP contribution in [0.4, 0.5) is 0 Å². The summed E-state index contributed by atoms with van der Waals surface area (Å²) in [5, 5.41) is 1.06. The molecular weight excluding hydrogens is 362 g/mol. The lowest BCUT2D eigenvalue weighted by atomic mass is 10.1. The van der Waals surface area contributed by atoms with Gasteiger partial charge in [0.05, 0.1) is 14.9 Å². The molecule has 2 nitrogen and oxygen atoms in total. The molecule has 7 heteroatoms. The maximum atomic E-state index is 11.7. The molecule has 0 saturated heterocycles. The third kappa shape index (κ3) is 3.23. The molecule has 0 N–H and O–H groups in total. The number of rotatable bonds is 2. The third-order valence-electron chi connectivity index (χ3n) is 2.63. The summed E-state index contributed by atoms with van der Waals surface area (Å²) in [6.45, 7) is 0. The second-order valence-corrected chi connectivity index (χ2v) is 7.78. The molecule has 20 heavy (non-hydrogen) atoms. The standard InChI is InChI=1S/C13H8Cl4O2S/c1-20(18,19)12-5-7(4-11(16)13(12)17)9-6-8(14)2-3-10(9)15/h2-6H,1H3. The fourth-order valence-corrected chi connectivity index (χ4v) is 3.69. The van der Waals surface area contributed by atoms with Gasteiger partial charge in [-0.1, -0.05) is 46.4 Å². The molecule has 0 aliphatic carbocycles. The highest BCUT2D eigenvalue weighted by molar-refractivity contribution is 7.90. The predicted molar refractivity (Wildman–Crippen MR) is 85.0 cm³/mol. The summed E-state index contributed by atoms with van der Waals surface area (Å²) in [7, 11) is -3.50. The van der Waals surface area contributed by atoms with Crippen molar-refractivity contribution in [2.24, 2.45) is 0 Å². The van der Waals surface area contributed by atoms with Crippen molar-refractivity contribution in [2.75, 3.05) is 6.26 Å². The lowest BCUT2D eigenvalue weighted by Gasteiger charge is -2.10. The zero-order chi connectivity index (χ0) is 15.1. The van der Waals surface area contributed by atoms with Crippen LogP contribution in [0.25, 0.3) is 11.1 Å². The van der Waals surface area contributed by atoms with Crippen LogP contribution in [0.2, 0.25) is 20.1 Å². The fourth-order valence-electron chi connectivity index (χ4n) is 1.71. The molecule has 0 heterocycles. The van der Waals surface area contributed by atoms with Crippen molar-refractivity contribution >= 4 is 56.2 Å². The molecule has 2 aromatic carbocycles. The topological polar surface area (TPSA) is 34.1 Å². The van der Waals surface area contributed by atoms with Crippen molar-refractivity contribution in [1.82, 2.24) is 0 Å². The number of sulfone groups is 1. The van der Waals surface area contributed by atoms with Crippen LogP contribution in [0.3, 0.4) is 0 Å². The Morgan fingerprint density at radius 1 is 0.900 bits per heavy atom. The minimum Gasteiger partial charge on any atom is -0.224 e. The Kier molecular flexibility index (Phi) is 4.57. The van der Waals surface area contributed by atoms with Gasteiger partial charge in [-0.3, -0.25) is 0 Å². The highest BCUT2D eigenvalue weighted by Crippen LogP contribution is 2.37. The fraction of sp³-hybridized carbons (Fsp3) is 0.0769. The normalized spacial score (nSPS) is 11.7. The quantitative estimate of drug-likeness (QED) is 0.712. The van der Waals surface area contributed by atoms with Gasteiger partial charge in [-0.2, -0.15) is 0 Å². The van der Waals surface area contributed by atoms with E-state index >= 15 is 0 Å². The summed E-state index contributed by atoms with van der Waals surface area (Å²) in [5.41, 5.74) is 1.12. The van der Waals surface area contributed by atoms with Crippen molar-refractivity contribution in [3.8, 4) is 11.1 Å². The second kappa shape index (κ2) is 5.74. The number of halogens is 4. The van der Waals surface area contributed by atoms with Crippen molar-refractivity contribution in [1.29, 1.82) is 0 Å². The van der Waals surface area contributed by atoms with Crippen LogP contribution in [0.1, 0.15) is 0 Å². The second-order valence-electron chi connectivity index (χ2n) is 4.17. The van der Waals surface area contributed by atoms with Crippen LogP contribution in [-0.4, -0.2) is 14.7 Å². The number of hydrogen-bond donors (Lipinski definition) is 0. The van der Waals surface area contributed by atoms with Gasteiger partial charge in [-0.25, -0.2) is 8.42 Å². The summed E-state index contributed by atoms with van der Waals surface area (Å²) in [6.07, 6.45) is 1.06. The minimum absolute atomic E-state index is 0.00364. The van der Waals surface area contributed by atoms with Crippen molar-refractivity contribution in [2.45, 2.75) is 4.90 Å². The zero-order valence-corrected chi connectivity index (χ0v) is 14.0. The molecule has 0 bridgehead atoms. The first-order valence-corrected chi connectivity index (χ1v) is 8.75. The largest absolute Gasteiger partial charge is 0.224 e. The summed E-state index contributed by atoms with van der Waals surface area (Å²) in [6, 6.07) is 7.89. The smallest absolute Gasteiger partial charge is 0.177 e. The maximum Gasteiger partial charge on any atom is 0.177 e. The van der Waals surface area contributed by atoms with Crippen LogP contribution in [-0.2, 0) is 9.84 Å². The summed E-state index contributed by atoms with van der Waals surface area (Å²) in [5.74, 6) is 0. The Bertz CT molecular complexity index is 785. The zero-order valence-electron chi connectivity index (χ0n) is 10.1. The molecule has 0 aromatic heterocycles. The molecule has 0 aliphatic rings. The first kappa shape index (κ1) is 15.9. The molecule has 0 radical (unpaired) electrons. The van der Waals surface area contributed by atoms with E-state index in [1.165, 1.54) is 6.07 Å². The molecular formula is C13H8Cl4O2S. The number of benzene rings is 2. The Morgan fingerprint density at radius 3 is 2.15 bits per heavy atom. The van der Waals surface area contributed by atoms with Gasteiger partial charge in [0.2, 0.25) is 0 Å². The van der Waals surface area contributed by atoms with E-state index in [1.54, 1.807) is 24.3 Å². The van der Waals surface area contributed by atoms with Gasteiger partial charge >= 0.3 is 0 Å². The molecule has 2 rings (SSSR count). The lowest BCUT2D eigenvalue weighted by Crippen LogP contribution is -1.99. The lowest BCUT2D eigenvalue weighted by molar-refractivity contribution is 0.602. The molecule has 0 spiro atoms. The first-order chi connectivity index (χ1) is 9.20. The van der Waals surface area contributed by atoms with E-state index in [1.807, 2.05) is 0 Å². The van der Waals surface area contributed by atoms with Gasteiger partial charge in [0.15, 0.2) is 9.84 Å². The van der Waals surface area contributed by atoms with E-state index in [2.05, 4.69) is 0 Å². The summed E-state index contributed by atoms with van der Waals surface area (Å²) in [4.78, 5) is -0.0438. The highest BCUT2D eigenvalue weighted by Gasteiger charge is 2.18. The molecule has 0 unspecified atom stereocenters. The molecule has 0 fully saturated rings. The first-order valence-electron chi connectivity index (χ1n) is 5.34. The Morgan fingerprint density at radius 2 is 1.55 bits per heavy atom. The van der Waals surface area contributed by atoms with E-state index < -0.39 is 9.84 Å². The molecule has 0 amide bonds. The molecule has 2 aromatic rings. The van der Waals surface area contributed by atoms with Crippen molar-refractivity contribution in [3.05, 3.63) is 50.4 Å². The predicted octanol–water partition coefficient (Wildman–Crippen LogP) is 5.37. The average Bonchev–Trinajstić information content (AvgIpc) is 2.34. The Balaban J connectivity index is 2.77. The van der Waals surface area contributed by atoms with Gasteiger partial charge in [-0.05, 0) is 35.9 Å². The van der Waals surface area contributed by atoms with Gasteiger partial charge in [0.25, 0.3) is 0 Å². The Hall–Kier alpha value is -0.450. The Labute approximate surface area is 137 Å². The van der Waals surface area contributed by atoms with Gasteiger partial charge in [0.1, 0.15) is 0 Å². The summed E-state index contributed by atoms with van der Waals surface area (Å²) >= 11 is 24.0.